The van der Waals surface area contributed by atoms with Crippen molar-refractivity contribution in [3.63, 3.8) is 0 Å². The van der Waals surface area contributed by atoms with E-state index in [9.17, 15) is 14.7 Å². The van der Waals surface area contributed by atoms with Crippen LogP contribution in [0.1, 0.15) is 52.6 Å². The summed E-state index contributed by atoms with van der Waals surface area (Å²) in [5.74, 6) is -1.14. The minimum atomic E-state index is -1.11. The van der Waals surface area contributed by atoms with Crippen molar-refractivity contribution in [3.05, 3.63) is 76.6 Å². The third-order valence-electron chi connectivity index (χ3n) is 6.23. The van der Waals surface area contributed by atoms with E-state index in [1.165, 1.54) is 11.1 Å². The molecule has 7 heteroatoms. The van der Waals surface area contributed by atoms with E-state index in [0.29, 0.717) is 11.3 Å². The van der Waals surface area contributed by atoms with E-state index < -0.39 is 17.6 Å². The summed E-state index contributed by atoms with van der Waals surface area (Å²) in [4.78, 5) is 26.0. The van der Waals surface area contributed by atoms with Gasteiger partial charge in [-0.25, -0.2) is 9.59 Å². The summed E-state index contributed by atoms with van der Waals surface area (Å²) in [5, 5.41) is 16.0. The molecule has 1 amide bonds. The van der Waals surface area contributed by atoms with Crippen LogP contribution in [0.4, 0.5) is 4.79 Å². The molecule has 0 saturated carbocycles. The Hall–Kier alpha value is -3.61. The Balaban J connectivity index is 1.38. The standard InChI is InChI=1S/C23H21N3O4/c1-23(2)20-17(19(21(27)28)24-25-20)11-26(23)22(29)30-12-18-15-9-5-3-7-13(15)14-8-4-6-10-16(14)18/h3-10,18H,11-12H2,1-2H3,(H,24,25)(H,27,28). The van der Waals surface area contributed by atoms with Crippen LogP contribution in [0, 0.1) is 0 Å². The van der Waals surface area contributed by atoms with Crippen molar-refractivity contribution in [2.75, 3.05) is 6.61 Å². The Morgan fingerprint density at radius 1 is 1.13 bits per heavy atom. The molecule has 2 aliphatic rings. The first-order valence-electron chi connectivity index (χ1n) is 9.83. The lowest BCUT2D eigenvalue weighted by molar-refractivity contribution is 0.0616. The van der Waals surface area contributed by atoms with E-state index >= 15 is 0 Å². The zero-order valence-corrected chi connectivity index (χ0v) is 16.7. The number of nitrogens with one attached hydrogen (secondary N) is 1. The van der Waals surface area contributed by atoms with Crippen LogP contribution >= 0.6 is 0 Å². The minimum absolute atomic E-state index is 0.0267. The molecule has 30 heavy (non-hydrogen) atoms. The predicted molar refractivity (Wildman–Crippen MR) is 109 cm³/mol. The molecule has 0 spiro atoms. The fourth-order valence-electron chi connectivity index (χ4n) is 4.66. The highest BCUT2D eigenvalue weighted by molar-refractivity contribution is 5.88. The van der Waals surface area contributed by atoms with Gasteiger partial charge in [-0.15, -0.1) is 0 Å². The fourth-order valence-corrected chi connectivity index (χ4v) is 4.66. The Morgan fingerprint density at radius 2 is 1.73 bits per heavy atom. The summed E-state index contributed by atoms with van der Waals surface area (Å²) in [5.41, 5.74) is 5.01. The molecule has 2 N–H and O–H groups in total. The summed E-state index contributed by atoms with van der Waals surface area (Å²) in [6.07, 6.45) is -0.470. The summed E-state index contributed by atoms with van der Waals surface area (Å²) in [6, 6.07) is 16.3. The van der Waals surface area contributed by atoms with Crippen LogP contribution in [-0.4, -0.2) is 38.9 Å². The van der Waals surface area contributed by atoms with Crippen molar-refractivity contribution in [1.82, 2.24) is 15.1 Å². The topological polar surface area (TPSA) is 95.5 Å². The molecule has 1 aliphatic carbocycles. The number of rotatable bonds is 3. The number of nitrogens with zero attached hydrogens (tertiary/aromatic N) is 2. The van der Waals surface area contributed by atoms with Crippen LogP contribution < -0.4 is 0 Å². The molecule has 5 rings (SSSR count). The predicted octanol–water partition coefficient (Wildman–Crippen LogP) is 4.11. The van der Waals surface area contributed by atoms with Crippen molar-refractivity contribution >= 4 is 12.1 Å². The Kier molecular flexibility index (Phi) is 3.96. The number of carbonyl (C=O) groups is 2. The third-order valence-corrected chi connectivity index (χ3v) is 6.23. The largest absolute Gasteiger partial charge is 0.476 e. The molecule has 0 unspecified atom stereocenters. The zero-order valence-electron chi connectivity index (χ0n) is 16.7. The maximum absolute atomic E-state index is 13.0. The second-order valence-electron chi connectivity index (χ2n) is 8.18. The molecule has 1 aliphatic heterocycles. The highest BCUT2D eigenvalue weighted by Crippen LogP contribution is 2.45. The fraction of sp³-hybridized carbons (Fsp3) is 0.261. The van der Waals surface area contributed by atoms with Gasteiger partial charge in [0.25, 0.3) is 0 Å². The normalized spacial score (nSPS) is 16.1. The number of aromatic amines is 1. The van der Waals surface area contributed by atoms with Gasteiger partial charge in [0.2, 0.25) is 0 Å². The summed E-state index contributed by atoms with van der Waals surface area (Å²) in [7, 11) is 0. The minimum Gasteiger partial charge on any atom is -0.476 e. The SMILES string of the molecule is CC1(C)c2[nH]nc(C(=O)O)c2CN1C(=O)OCC1c2ccccc2-c2ccccc21. The monoisotopic (exact) mass is 403 g/mol. The molecule has 0 saturated heterocycles. The highest BCUT2D eigenvalue weighted by Gasteiger charge is 2.45. The lowest BCUT2D eigenvalue weighted by Gasteiger charge is -2.31. The first-order valence-corrected chi connectivity index (χ1v) is 9.83. The number of hydrogen-bond donors (Lipinski definition) is 2. The van der Waals surface area contributed by atoms with Gasteiger partial charge in [0.05, 0.1) is 17.8 Å². The zero-order chi connectivity index (χ0) is 21.0. The number of fused-ring (bicyclic) bond motifs is 4. The van der Waals surface area contributed by atoms with Crippen LogP contribution in [0.3, 0.4) is 0 Å². The molecule has 3 aromatic rings. The van der Waals surface area contributed by atoms with E-state index in [4.69, 9.17) is 4.74 Å². The van der Waals surface area contributed by atoms with Crippen LogP contribution in [0.5, 0.6) is 0 Å². The van der Waals surface area contributed by atoms with Crippen molar-refractivity contribution in [2.24, 2.45) is 0 Å². The average Bonchev–Trinajstić information content (AvgIpc) is 3.37. The number of aromatic nitrogens is 2. The molecular weight excluding hydrogens is 382 g/mol. The van der Waals surface area contributed by atoms with E-state index in [0.717, 1.165) is 11.1 Å². The third kappa shape index (κ3) is 2.55. The van der Waals surface area contributed by atoms with Crippen LogP contribution in [0.15, 0.2) is 48.5 Å². The number of hydrogen-bond acceptors (Lipinski definition) is 4. The lowest BCUT2D eigenvalue weighted by Crippen LogP contribution is -2.41. The van der Waals surface area contributed by atoms with Crippen molar-refractivity contribution in [3.8, 4) is 11.1 Å². The number of carbonyl (C=O) groups excluding carboxylic acids is 1. The van der Waals surface area contributed by atoms with Gasteiger partial charge in [-0.3, -0.25) is 10.00 Å². The number of ether oxygens (including phenoxy) is 1. The second-order valence-corrected chi connectivity index (χ2v) is 8.18. The van der Waals surface area contributed by atoms with Gasteiger partial charge >= 0.3 is 12.1 Å². The second kappa shape index (κ2) is 6.45. The van der Waals surface area contributed by atoms with E-state index in [1.807, 2.05) is 38.1 Å². The quantitative estimate of drug-likeness (QED) is 0.686. The molecule has 1 aromatic heterocycles. The number of carboxylic acid groups (broad SMARTS) is 1. The molecule has 0 fully saturated rings. The summed E-state index contributed by atoms with van der Waals surface area (Å²) >= 11 is 0. The van der Waals surface area contributed by atoms with Crippen LogP contribution in [0.2, 0.25) is 0 Å². The smallest absolute Gasteiger partial charge is 0.410 e. The van der Waals surface area contributed by atoms with E-state index in [-0.39, 0.29) is 24.8 Å². The molecule has 0 radical (unpaired) electrons. The number of benzene rings is 2. The molecule has 2 aromatic carbocycles. The van der Waals surface area contributed by atoms with Crippen molar-refractivity contribution in [2.45, 2.75) is 31.8 Å². The van der Waals surface area contributed by atoms with Crippen molar-refractivity contribution < 1.29 is 19.4 Å². The molecule has 2 heterocycles. The van der Waals surface area contributed by atoms with Gasteiger partial charge < -0.3 is 9.84 Å². The van der Waals surface area contributed by atoms with Gasteiger partial charge in [-0.2, -0.15) is 5.10 Å². The molecule has 7 nitrogen and oxygen atoms in total. The molecule has 0 atom stereocenters. The lowest BCUT2D eigenvalue weighted by atomic mass is 9.98. The van der Waals surface area contributed by atoms with Crippen LogP contribution in [-0.2, 0) is 16.8 Å². The van der Waals surface area contributed by atoms with Gasteiger partial charge in [-0.1, -0.05) is 48.5 Å². The van der Waals surface area contributed by atoms with Crippen molar-refractivity contribution in [1.29, 1.82) is 0 Å². The van der Waals surface area contributed by atoms with Crippen LogP contribution in [0.25, 0.3) is 11.1 Å². The number of amides is 1. The van der Waals surface area contributed by atoms with Gasteiger partial charge in [0.1, 0.15) is 6.61 Å². The van der Waals surface area contributed by atoms with E-state index in [1.54, 1.807) is 4.90 Å². The molecule has 0 bridgehead atoms. The first kappa shape index (κ1) is 18.4. The Bertz CT molecular complexity index is 1140. The maximum atomic E-state index is 13.0. The maximum Gasteiger partial charge on any atom is 0.410 e. The summed E-state index contributed by atoms with van der Waals surface area (Å²) < 4.78 is 5.77. The Morgan fingerprint density at radius 3 is 2.33 bits per heavy atom. The summed E-state index contributed by atoms with van der Waals surface area (Å²) in [6.45, 7) is 4.07. The number of aromatic carboxylic acids is 1. The van der Waals surface area contributed by atoms with Gasteiger partial charge in [-0.05, 0) is 36.1 Å². The molecular formula is C23H21N3O4. The number of carboxylic acids is 1. The van der Waals surface area contributed by atoms with E-state index in [2.05, 4.69) is 34.5 Å². The van der Waals surface area contributed by atoms with Gasteiger partial charge in [0, 0.05) is 11.5 Å². The Labute approximate surface area is 173 Å². The number of H-pyrrole nitrogens is 1. The van der Waals surface area contributed by atoms with Gasteiger partial charge in [0.15, 0.2) is 5.69 Å². The average molecular weight is 403 g/mol. The highest BCUT2D eigenvalue weighted by atomic mass is 16.6. The molecule has 152 valence electrons. The first-order chi connectivity index (χ1) is 14.4.